The van der Waals surface area contributed by atoms with Crippen LogP contribution in [0.4, 0.5) is 0 Å². The van der Waals surface area contributed by atoms with Crippen LogP contribution >= 0.6 is 0 Å². The number of carbonyl (C=O) groups excluding carboxylic acids is 1. The van der Waals surface area contributed by atoms with Crippen LogP contribution in [-0.2, 0) is 4.79 Å². The molecule has 202 valence electrons. The van der Waals surface area contributed by atoms with Crippen molar-refractivity contribution in [2.75, 3.05) is 0 Å². The fraction of sp³-hybridized carbons (Fsp3) is 0.618. The second-order valence-electron chi connectivity index (χ2n) is 10.2. The Morgan fingerprint density at radius 2 is 0.750 bits per heavy atom. The van der Waals surface area contributed by atoms with Gasteiger partial charge in [-0.3, -0.25) is 0 Å². The fourth-order valence-corrected chi connectivity index (χ4v) is 4.61. The van der Waals surface area contributed by atoms with Gasteiger partial charge < -0.3 is 9.90 Å². The number of carbonyl (C=O) groups is 1. The van der Waals surface area contributed by atoms with Gasteiger partial charge in [0.2, 0.25) is 0 Å². The van der Waals surface area contributed by atoms with E-state index in [1.54, 1.807) is 0 Å². The fourth-order valence-electron chi connectivity index (χ4n) is 4.61. The molecule has 2 nitrogen and oxygen atoms in total. The Hall–Kier alpha value is -2.09. The maximum absolute atomic E-state index is 10.3. The molecule has 2 heteroatoms. The number of rotatable bonds is 21. The van der Waals surface area contributed by atoms with Crippen LogP contribution in [-0.4, -0.2) is 5.97 Å². The molecule has 0 fully saturated rings. The zero-order valence-corrected chi connectivity index (χ0v) is 23.2. The number of hydrogen-bond acceptors (Lipinski definition) is 2. The predicted molar refractivity (Wildman–Crippen MR) is 155 cm³/mol. The summed E-state index contributed by atoms with van der Waals surface area (Å²) < 4.78 is 0. The first-order valence-corrected chi connectivity index (χ1v) is 15.0. The summed E-state index contributed by atoms with van der Waals surface area (Å²) in [6.07, 6.45) is 25.7. The summed E-state index contributed by atoms with van der Waals surface area (Å²) >= 11 is 0. The van der Waals surface area contributed by atoms with E-state index in [9.17, 15) is 9.90 Å². The van der Waals surface area contributed by atoms with Crippen LogP contribution in [0.2, 0.25) is 0 Å². The van der Waals surface area contributed by atoms with E-state index in [2.05, 4.69) is 55.5 Å². The lowest BCUT2D eigenvalue weighted by Crippen LogP contribution is -2.21. The number of carboxylic acids is 1. The van der Waals surface area contributed by atoms with Crippen molar-refractivity contribution < 1.29 is 9.90 Å². The van der Waals surface area contributed by atoms with Gasteiger partial charge in [0.25, 0.3) is 0 Å². The standard InChI is InChI=1S/C22H44O2.C12H10/c1-2-3-4-5-6-7-8-9-10-11-12-13-14-15-16-17-18-19-20-21-22(23)24;1-3-7-11(8-4-1)12-9-5-2-6-10-12/h2-21H2,1H3,(H,23,24);1-10H/p-1. The Labute approximate surface area is 222 Å². The molecule has 0 heterocycles. The van der Waals surface area contributed by atoms with E-state index in [1.807, 2.05) is 12.1 Å². The van der Waals surface area contributed by atoms with Crippen molar-refractivity contribution in [1.29, 1.82) is 0 Å². The molecule has 0 unspecified atom stereocenters. The topological polar surface area (TPSA) is 40.1 Å². The molecule has 0 saturated heterocycles. The molecule has 0 spiro atoms. The molecule has 0 bridgehead atoms. The molecule has 2 rings (SSSR count). The molecule has 0 aromatic heterocycles. The van der Waals surface area contributed by atoms with Crippen LogP contribution in [0.15, 0.2) is 60.7 Å². The molecule has 0 aliphatic heterocycles. The van der Waals surface area contributed by atoms with Gasteiger partial charge in [0, 0.05) is 5.97 Å². The van der Waals surface area contributed by atoms with Crippen molar-refractivity contribution in [2.24, 2.45) is 0 Å². The monoisotopic (exact) mass is 493 g/mol. The van der Waals surface area contributed by atoms with Gasteiger partial charge in [0.15, 0.2) is 0 Å². The highest BCUT2D eigenvalue weighted by Crippen LogP contribution is 2.17. The van der Waals surface area contributed by atoms with Gasteiger partial charge in [-0.05, 0) is 24.0 Å². The summed E-state index contributed by atoms with van der Waals surface area (Å²) in [6.45, 7) is 2.28. The molecule has 0 radical (unpaired) electrons. The van der Waals surface area contributed by atoms with Crippen LogP contribution in [0.25, 0.3) is 11.1 Å². The van der Waals surface area contributed by atoms with Gasteiger partial charge in [0.05, 0.1) is 0 Å². The second kappa shape index (κ2) is 24.6. The Bertz CT molecular complexity index is 673. The largest absolute Gasteiger partial charge is 0.550 e. The van der Waals surface area contributed by atoms with Gasteiger partial charge in [-0.15, -0.1) is 0 Å². The van der Waals surface area contributed by atoms with E-state index in [1.165, 1.54) is 120 Å². The molecule has 0 amide bonds. The van der Waals surface area contributed by atoms with Gasteiger partial charge in [-0.25, -0.2) is 0 Å². The average Bonchev–Trinajstić information content (AvgIpc) is 2.91. The van der Waals surface area contributed by atoms with Crippen LogP contribution < -0.4 is 5.11 Å². The van der Waals surface area contributed by atoms with Crippen LogP contribution in [0, 0.1) is 0 Å². The summed E-state index contributed by atoms with van der Waals surface area (Å²) in [5, 5.41) is 10.3. The lowest BCUT2D eigenvalue weighted by molar-refractivity contribution is -0.305. The average molecular weight is 494 g/mol. The van der Waals surface area contributed by atoms with Gasteiger partial charge in [0.1, 0.15) is 0 Å². The molecular weight excluding hydrogens is 440 g/mol. The maximum Gasteiger partial charge on any atom is 0.0414 e. The molecule has 0 N–H and O–H groups in total. The Balaban J connectivity index is 0.000000442. The zero-order chi connectivity index (χ0) is 25.9. The van der Waals surface area contributed by atoms with Crippen LogP contribution in [0.5, 0.6) is 0 Å². The normalized spacial score (nSPS) is 10.6. The van der Waals surface area contributed by atoms with E-state index in [0.29, 0.717) is 0 Å². The first-order valence-electron chi connectivity index (χ1n) is 15.0. The van der Waals surface area contributed by atoms with E-state index >= 15 is 0 Å². The van der Waals surface area contributed by atoms with Crippen molar-refractivity contribution in [3.8, 4) is 11.1 Å². The molecule has 2 aromatic carbocycles. The minimum atomic E-state index is -0.901. The van der Waals surface area contributed by atoms with Crippen molar-refractivity contribution in [3.05, 3.63) is 60.7 Å². The minimum Gasteiger partial charge on any atom is -0.550 e. The highest BCUT2D eigenvalue weighted by atomic mass is 16.4. The molecule has 0 aliphatic carbocycles. The van der Waals surface area contributed by atoms with Crippen molar-refractivity contribution >= 4 is 5.97 Å². The third-order valence-electron chi connectivity index (χ3n) is 6.87. The summed E-state index contributed by atoms with van der Waals surface area (Å²) in [6, 6.07) is 20.8. The summed E-state index contributed by atoms with van der Waals surface area (Å²) in [5.41, 5.74) is 2.55. The maximum atomic E-state index is 10.3. The summed E-state index contributed by atoms with van der Waals surface area (Å²) in [4.78, 5) is 10.3. The number of hydrogen-bond donors (Lipinski definition) is 0. The van der Waals surface area contributed by atoms with Crippen LogP contribution in [0.3, 0.4) is 0 Å². The molecule has 2 aromatic rings. The smallest absolute Gasteiger partial charge is 0.0414 e. The first kappa shape index (κ1) is 31.9. The van der Waals surface area contributed by atoms with E-state index < -0.39 is 5.97 Å². The van der Waals surface area contributed by atoms with E-state index in [0.717, 1.165) is 12.8 Å². The summed E-state index contributed by atoms with van der Waals surface area (Å²) in [7, 11) is 0. The lowest BCUT2D eigenvalue weighted by atomic mass is 10.0. The Morgan fingerprint density at radius 1 is 0.472 bits per heavy atom. The Morgan fingerprint density at radius 3 is 1.03 bits per heavy atom. The van der Waals surface area contributed by atoms with E-state index in [4.69, 9.17) is 0 Å². The highest BCUT2D eigenvalue weighted by molar-refractivity contribution is 5.64. The van der Waals surface area contributed by atoms with Crippen molar-refractivity contribution in [3.63, 3.8) is 0 Å². The number of aliphatic carboxylic acids is 1. The van der Waals surface area contributed by atoms with E-state index in [-0.39, 0.29) is 6.42 Å². The third-order valence-corrected chi connectivity index (χ3v) is 6.87. The first-order chi connectivity index (χ1) is 17.7. The van der Waals surface area contributed by atoms with Gasteiger partial charge in [-0.2, -0.15) is 0 Å². The van der Waals surface area contributed by atoms with Crippen molar-refractivity contribution in [2.45, 2.75) is 135 Å². The van der Waals surface area contributed by atoms with Gasteiger partial charge in [-0.1, -0.05) is 183 Å². The van der Waals surface area contributed by atoms with Gasteiger partial charge >= 0.3 is 0 Å². The SMILES string of the molecule is CCCCCCCCCCCCCCCCCCCCCC(=O)[O-].c1ccc(-c2ccccc2)cc1. The number of unbranched alkanes of at least 4 members (excludes halogenated alkanes) is 18. The highest BCUT2D eigenvalue weighted by Gasteiger charge is 1.95. The number of benzene rings is 2. The molecule has 0 atom stereocenters. The molecular formula is C34H53O2-. The lowest BCUT2D eigenvalue weighted by Gasteiger charge is -2.04. The molecule has 36 heavy (non-hydrogen) atoms. The molecule has 0 saturated carbocycles. The second-order valence-corrected chi connectivity index (χ2v) is 10.2. The molecule has 0 aliphatic rings. The third kappa shape index (κ3) is 20.1. The van der Waals surface area contributed by atoms with Crippen molar-refractivity contribution in [1.82, 2.24) is 0 Å². The van der Waals surface area contributed by atoms with Crippen LogP contribution in [0.1, 0.15) is 135 Å². The predicted octanol–water partition coefficient (Wildman–Crippen LogP) is 9.91. The summed E-state index contributed by atoms with van der Waals surface area (Å²) in [5.74, 6) is -0.901. The Kier molecular flexibility index (Phi) is 21.8. The zero-order valence-electron chi connectivity index (χ0n) is 23.2. The number of carboxylic acid groups (broad SMARTS) is 1. The minimum absolute atomic E-state index is 0.235. The quantitative estimate of drug-likeness (QED) is 0.162.